The van der Waals surface area contributed by atoms with Crippen LogP contribution in [0.5, 0.6) is 0 Å². The fourth-order valence-corrected chi connectivity index (χ4v) is 4.92. The quantitative estimate of drug-likeness (QED) is 0.645. The number of halogens is 2. The summed E-state index contributed by atoms with van der Waals surface area (Å²) in [5.74, 6) is 0.114. The molecule has 3 nitrogen and oxygen atoms in total. The molecule has 1 aromatic rings. The van der Waals surface area contributed by atoms with E-state index >= 15 is 0 Å². The smallest absolute Gasteiger partial charge is 0.221 e. The van der Waals surface area contributed by atoms with Gasteiger partial charge < -0.3 is 4.90 Å². The van der Waals surface area contributed by atoms with Crippen molar-refractivity contribution in [3.8, 4) is 6.07 Å². The van der Waals surface area contributed by atoms with Crippen LogP contribution in [0, 0.1) is 11.3 Å². The third kappa shape index (κ3) is 1.50. The zero-order valence-corrected chi connectivity index (χ0v) is 13.7. The molecule has 3 rings (SSSR count). The van der Waals surface area contributed by atoms with Crippen molar-refractivity contribution in [1.82, 2.24) is 4.90 Å². The number of nitriles is 1. The van der Waals surface area contributed by atoms with E-state index in [-0.39, 0.29) is 21.1 Å². The van der Waals surface area contributed by atoms with Gasteiger partial charge in [0.2, 0.25) is 5.91 Å². The standard InChI is InChI=1S/C14H12Br2N2O/c1-8(19)18-12-11(14(12,15)16)9-5-3-4-6-10(9)13(18,2)7-17/h3-6,11-12H,1-2H3/t11-,12+,13+/m1/s1. The number of rotatable bonds is 0. The Morgan fingerprint density at radius 3 is 2.63 bits per heavy atom. The molecule has 2 aliphatic rings. The van der Waals surface area contributed by atoms with E-state index in [4.69, 9.17) is 0 Å². The molecule has 19 heavy (non-hydrogen) atoms. The van der Waals surface area contributed by atoms with Crippen molar-refractivity contribution in [2.75, 3.05) is 0 Å². The summed E-state index contributed by atoms with van der Waals surface area (Å²) in [5.41, 5.74) is 1.16. The van der Waals surface area contributed by atoms with Crippen LogP contribution in [0.25, 0.3) is 0 Å². The second-order valence-electron chi connectivity index (χ2n) is 5.26. The Morgan fingerprint density at radius 1 is 1.42 bits per heavy atom. The predicted molar refractivity (Wildman–Crippen MR) is 79.0 cm³/mol. The summed E-state index contributed by atoms with van der Waals surface area (Å²) >= 11 is 7.30. The van der Waals surface area contributed by atoms with Gasteiger partial charge in [0.25, 0.3) is 0 Å². The van der Waals surface area contributed by atoms with Gasteiger partial charge in [0.05, 0.1) is 12.1 Å². The molecule has 0 spiro atoms. The van der Waals surface area contributed by atoms with Crippen LogP contribution in [-0.2, 0) is 10.3 Å². The van der Waals surface area contributed by atoms with Gasteiger partial charge >= 0.3 is 0 Å². The third-order valence-corrected chi connectivity index (χ3v) is 6.08. The molecule has 5 heteroatoms. The van der Waals surface area contributed by atoms with E-state index in [1.165, 1.54) is 6.92 Å². The number of nitrogens with zero attached hydrogens (tertiary/aromatic N) is 2. The Hall–Kier alpha value is -0.860. The second-order valence-corrected chi connectivity index (χ2v) is 8.95. The number of amides is 1. The van der Waals surface area contributed by atoms with Gasteiger partial charge in [-0.1, -0.05) is 56.1 Å². The Balaban J connectivity index is 2.28. The van der Waals surface area contributed by atoms with Crippen LogP contribution in [0.1, 0.15) is 30.9 Å². The van der Waals surface area contributed by atoms with Gasteiger partial charge in [-0.2, -0.15) is 5.26 Å². The normalized spacial score (nSPS) is 33.9. The fourth-order valence-electron chi connectivity index (χ4n) is 3.25. The minimum atomic E-state index is -0.910. The molecule has 1 heterocycles. The highest BCUT2D eigenvalue weighted by Gasteiger charge is 2.72. The molecule has 98 valence electrons. The maximum absolute atomic E-state index is 12.0. The summed E-state index contributed by atoms with van der Waals surface area (Å²) in [5, 5.41) is 9.65. The highest BCUT2D eigenvalue weighted by Crippen LogP contribution is 2.69. The second kappa shape index (κ2) is 3.83. The zero-order chi connectivity index (χ0) is 14.0. The molecule has 1 aliphatic carbocycles. The van der Waals surface area contributed by atoms with Gasteiger partial charge in [0.1, 0.15) is 3.23 Å². The highest BCUT2D eigenvalue weighted by molar-refractivity contribution is 9.25. The van der Waals surface area contributed by atoms with Crippen LogP contribution in [0.2, 0.25) is 0 Å². The van der Waals surface area contributed by atoms with Crippen molar-refractivity contribution in [2.45, 2.75) is 34.6 Å². The highest BCUT2D eigenvalue weighted by atomic mass is 79.9. The zero-order valence-electron chi connectivity index (χ0n) is 10.5. The van der Waals surface area contributed by atoms with Gasteiger partial charge in [-0.15, -0.1) is 0 Å². The predicted octanol–water partition coefficient (Wildman–Crippen LogP) is 3.24. The van der Waals surface area contributed by atoms with Crippen molar-refractivity contribution < 1.29 is 4.79 Å². The number of carbonyl (C=O) groups is 1. The molecule has 0 radical (unpaired) electrons. The molecular formula is C14H12Br2N2O. The molecule has 1 fully saturated rings. The summed E-state index contributed by atoms with van der Waals surface area (Å²) in [6.45, 7) is 3.34. The van der Waals surface area contributed by atoms with Gasteiger partial charge in [0.15, 0.2) is 5.54 Å². The number of benzene rings is 1. The molecule has 3 atom stereocenters. The van der Waals surface area contributed by atoms with Crippen molar-refractivity contribution in [2.24, 2.45) is 0 Å². The molecule has 1 aromatic carbocycles. The number of carbonyl (C=O) groups excluding carboxylic acids is 1. The molecule has 0 N–H and O–H groups in total. The Kier molecular flexibility index (Phi) is 2.65. The van der Waals surface area contributed by atoms with E-state index in [2.05, 4.69) is 37.9 Å². The van der Waals surface area contributed by atoms with Crippen molar-refractivity contribution in [3.05, 3.63) is 35.4 Å². The average molecular weight is 384 g/mol. The Bertz CT molecular complexity index is 622. The van der Waals surface area contributed by atoms with Crippen molar-refractivity contribution in [1.29, 1.82) is 5.26 Å². The molecule has 1 amide bonds. The van der Waals surface area contributed by atoms with E-state index in [9.17, 15) is 10.1 Å². The molecular weight excluding hydrogens is 372 g/mol. The van der Waals surface area contributed by atoms with Crippen LogP contribution in [-0.4, -0.2) is 20.1 Å². The first-order valence-electron chi connectivity index (χ1n) is 6.04. The summed E-state index contributed by atoms with van der Waals surface area (Å²) in [6, 6.07) is 10.2. The van der Waals surface area contributed by atoms with Crippen LogP contribution >= 0.6 is 31.9 Å². The minimum Gasteiger partial charge on any atom is -0.315 e. The fraction of sp³-hybridized carbons (Fsp3) is 0.429. The molecule has 0 aromatic heterocycles. The lowest BCUT2D eigenvalue weighted by atomic mass is 9.83. The first kappa shape index (κ1) is 13.1. The number of alkyl halides is 2. The van der Waals surface area contributed by atoms with E-state index in [1.54, 1.807) is 4.90 Å². The monoisotopic (exact) mass is 382 g/mol. The number of hydrogen-bond donors (Lipinski definition) is 0. The molecule has 0 saturated heterocycles. The summed E-state index contributed by atoms with van der Waals surface area (Å²) in [6.07, 6.45) is 0. The van der Waals surface area contributed by atoms with Crippen molar-refractivity contribution >= 4 is 37.8 Å². The number of hydrogen-bond acceptors (Lipinski definition) is 2. The van der Waals surface area contributed by atoms with Crippen LogP contribution in [0.15, 0.2) is 24.3 Å². The van der Waals surface area contributed by atoms with E-state index in [1.807, 2.05) is 31.2 Å². The summed E-state index contributed by atoms with van der Waals surface area (Å²) in [4.78, 5) is 13.7. The average Bonchev–Trinajstić information content (AvgIpc) is 2.92. The van der Waals surface area contributed by atoms with Crippen LogP contribution in [0.4, 0.5) is 0 Å². The number of fused-ring (bicyclic) bond motifs is 3. The molecule has 0 unspecified atom stereocenters. The lowest BCUT2D eigenvalue weighted by Gasteiger charge is -2.40. The molecule has 1 aliphatic heterocycles. The maximum Gasteiger partial charge on any atom is 0.221 e. The van der Waals surface area contributed by atoms with E-state index < -0.39 is 5.54 Å². The third-order valence-electron chi connectivity index (χ3n) is 4.15. The van der Waals surface area contributed by atoms with Crippen LogP contribution in [0.3, 0.4) is 0 Å². The van der Waals surface area contributed by atoms with Crippen molar-refractivity contribution in [3.63, 3.8) is 0 Å². The maximum atomic E-state index is 12.0. The van der Waals surface area contributed by atoms with E-state index in [0.29, 0.717) is 0 Å². The van der Waals surface area contributed by atoms with E-state index in [0.717, 1.165) is 11.1 Å². The first-order valence-corrected chi connectivity index (χ1v) is 7.62. The lowest BCUT2D eigenvalue weighted by molar-refractivity contribution is -0.134. The largest absolute Gasteiger partial charge is 0.315 e. The Labute approximate surface area is 128 Å². The van der Waals surface area contributed by atoms with Gasteiger partial charge in [-0.25, -0.2) is 0 Å². The Morgan fingerprint density at radius 2 is 2.05 bits per heavy atom. The molecule has 1 saturated carbocycles. The van der Waals surface area contributed by atoms with Gasteiger partial charge in [-0.05, 0) is 18.1 Å². The summed E-state index contributed by atoms with van der Waals surface area (Å²) in [7, 11) is 0. The van der Waals surface area contributed by atoms with Crippen LogP contribution < -0.4 is 0 Å². The SMILES string of the molecule is CC(=O)N1[C@H]2[C@@H](c3ccccc3[C@]1(C)C#N)C2(Br)Br. The van der Waals surface area contributed by atoms with Gasteiger partial charge in [-0.3, -0.25) is 4.79 Å². The minimum absolute atomic E-state index is 0.0236. The lowest BCUT2D eigenvalue weighted by Crippen LogP contribution is -2.50. The summed E-state index contributed by atoms with van der Waals surface area (Å²) < 4.78 is -0.323. The topological polar surface area (TPSA) is 44.1 Å². The van der Waals surface area contributed by atoms with Gasteiger partial charge in [0, 0.05) is 12.8 Å². The first-order chi connectivity index (χ1) is 8.85. The molecule has 0 bridgehead atoms.